The fourth-order valence-corrected chi connectivity index (χ4v) is 2.12. The zero-order valence-corrected chi connectivity index (χ0v) is 11.7. The van der Waals surface area contributed by atoms with Crippen molar-refractivity contribution >= 4 is 5.91 Å². The first-order chi connectivity index (χ1) is 9.82. The van der Waals surface area contributed by atoms with Gasteiger partial charge in [0.2, 0.25) is 5.91 Å². The van der Waals surface area contributed by atoms with Crippen molar-refractivity contribution in [2.45, 2.75) is 38.4 Å². The minimum atomic E-state index is -4.47. The number of nitrogens with zero attached hydrogens (tertiary/aromatic N) is 2. The van der Waals surface area contributed by atoms with E-state index in [0.29, 0.717) is 5.69 Å². The largest absolute Gasteiger partial charge is 0.435 e. The van der Waals surface area contributed by atoms with Gasteiger partial charge in [0.25, 0.3) is 0 Å². The number of carbonyl (C=O) groups is 1. The standard InChI is InChI=1S/C13H18F3N3O2/c1-8(12(21)17-4-5-20)7-19-10(9-2-3-9)6-11(18-19)13(14,15)16/h6,8-9,20H,2-5,7H2,1H3,(H,17,21). The third-order valence-electron chi connectivity index (χ3n) is 3.40. The molecule has 0 radical (unpaired) electrons. The van der Waals surface area contributed by atoms with Crippen LogP contribution >= 0.6 is 0 Å². The van der Waals surface area contributed by atoms with E-state index in [0.717, 1.165) is 18.9 Å². The van der Waals surface area contributed by atoms with Crippen LogP contribution in [0.25, 0.3) is 0 Å². The van der Waals surface area contributed by atoms with Crippen molar-refractivity contribution in [3.8, 4) is 0 Å². The Bertz CT molecular complexity index is 509. The monoisotopic (exact) mass is 305 g/mol. The predicted molar refractivity (Wildman–Crippen MR) is 68.5 cm³/mol. The summed E-state index contributed by atoms with van der Waals surface area (Å²) in [6.07, 6.45) is -2.76. The summed E-state index contributed by atoms with van der Waals surface area (Å²) < 4.78 is 39.5. The summed E-state index contributed by atoms with van der Waals surface area (Å²) in [7, 11) is 0. The van der Waals surface area contributed by atoms with Gasteiger partial charge < -0.3 is 10.4 Å². The third-order valence-corrected chi connectivity index (χ3v) is 3.40. The van der Waals surface area contributed by atoms with Crippen molar-refractivity contribution in [2.24, 2.45) is 5.92 Å². The van der Waals surface area contributed by atoms with Crippen molar-refractivity contribution in [3.05, 3.63) is 17.5 Å². The molecular formula is C13H18F3N3O2. The Morgan fingerprint density at radius 2 is 2.24 bits per heavy atom. The topological polar surface area (TPSA) is 67.2 Å². The second-order valence-corrected chi connectivity index (χ2v) is 5.32. The molecule has 0 saturated heterocycles. The summed E-state index contributed by atoms with van der Waals surface area (Å²) in [4.78, 5) is 11.7. The Kier molecular flexibility index (Phi) is 4.55. The molecule has 1 atom stereocenters. The quantitative estimate of drug-likeness (QED) is 0.837. The Balaban J connectivity index is 2.11. The highest BCUT2D eigenvalue weighted by molar-refractivity contribution is 5.78. The van der Waals surface area contributed by atoms with Crippen LogP contribution in [-0.2, 0) is 17.5 Å². The molecular weight excluding hydrogens is 287 g/mol. The van der Waals surface area contributed by atoms with Gasteiger partial charge in [0, 0.05) is 18.2 Å². The molecule has 1 fully saturated rings. The van der Waals surface area contributed by atoms with E-state index < -0.39 is 17.8 Å². The second kappa shape index (κ2) is 6.05. The van der Waals surface area contributed by atoms with Crippen LogP contribution in [0.3, 0.4) is 0 Å². The van der Waals surface area contributed by atoms with Crippen LogP contribution < -0.4 is 5.32 Å². The highest BCUT2D eigenvalue weighted by Crippen LogP contribution is 2.42. The van der Waals surface area contributed by atoms with E-state index in [-0.39, 0.29) is 31.5 Å². The molecule has 1 aromatic rings. The van der Waals surface area contributed by atoms with E-state index >= 15 is 0 Å². The van der Waals surface area contributed by atoms with Crippen molar-refractivity contribution in [3.63, 3.8) is 0 Å². The molecule has 2 rings (SSSR count). The number of amides is 1. The number of halogens is 3. The maximum atomic E-state index is 12.7. The van der Waals surface area contributed by atoms with Gasteiger partial charge in [0.1, 0.15) is 0 Å². The molecule has 1 heterocycles. The molecule has 1 unspecified atom stereocenters. The summed E-state index contributed by atoms with van der Waals surface area (Å²) in [5.74, 6) is -0.716. The van der Waals surface area contributed by atoms with Gasteiger partial charge in [-0.25, -0.2) is 0 Å². The van der Waals surface area contributed by atoms with Crippen LogP contribution in [0.1, 0.15) is 37.1 Å². The lowest BCUT2D eigenvalue weighted by molar-refractivity contribution is -0.141. The molecule has 8 heteroatoms. The van der Waals surface area contributed by atoms with E-state index in [2.05, 4.69) is 10.4 Å². The van der Waals surface area contributed by atoms with Crippen LogP contribution in [0.4, 0.5) is 13.2 Å². The molecule has 0 spiro atoms. The van der Waals surface area contributed by atoms with Gasteiger partial charge >= 0.3 is 6.18 Å². The molecule has 0 bridgehead atoms. The molecule has 1 aromatic heterocycles. The Labute approximate surface area is 120 Å². The second-order valence-electron chi connectivity index (χ2n) is 5.32. The van der Waals surface area contributed by atoms with E-state index in [1.165, 1.54) is 4.68 Å². The van der Waals surface area contributed by atoms with Crippen LogP contribution in [0.5, 0.6) is 0 Å². The first-order valence-corrected chi connectivity index (χ1v) is 6.86. The summed E-state index contributed by atoms with van der Waals surface area (Å²) in [6.45, 7) is 1.68. The highest BCUT2D eigenvalue weighted by Gasteiger charge is 2.38. The average Bonchev–Trinajstić information content (AvgIpc) is 3.16. The van der Waals surface area contributed by atoms with Crippen molar-refractivity contribution in [1.29, 1.82) is 0 Å². The maximum absolute atomic E-state index is 12.7. The zero-order valence-electron chi connectivity index (χ0n) is 11.7. The minimum Gasteiger partial charge on any atom is -0.395 e. The Hall–Kier alpha value is -1.57. The molecule has 0 aliphatic heterocycles. The number of carbonyl (C=O) groups excluding carboxylic acids is 1. The molecule has 2 N–H and O–H groups in total. The van der Waals surface area contributed by atoms with Gasteiger partial charge in [-0.05, 0) is 18.9 Å². The number of rotatable bonds is 6. The normalized spacial score (nSPS) is 16.8. The lowest BCUT2D eigenvalue weighted by Crippen LogP contribution is -2.33. The van der Waals surface area contributed by atoms with E-state index in [9.17, 15) is 18.0 Å². The van der Waals surface area contributed by atoms with Crippen LogP contribution in [0.15, 0.2) is 6.07 Å². The lowest BCUT2D eigenvalue weighted by atomic mass is 10.1. The molecule has 1 aliphatic carbocycles. The Morgan fingerprint density at radius 1 is 1.57 bits per heavy atom. The number of aliphatic hydroxyl groups is 1. The highest BCUT2D eigenvalue weighted by atomic mass is 19.4. The predicted octanol–water partition coefficient (Wildman–Crippen LogP) is 1.52. The molecule has 21 heavy (non-hydrogen) atoms. The lowest BCUT2D eigenvalue weighted by Gasteiger charge is -2.13. The maximum Gasteiger partial charge on any atom is 0.435 e. The van der Waals surface area contributed by atoms with Crippen molar-refractivity contribution in [1.82, 2.24) is 15.1 Å². The minimum absolute atomic E-state index is 0.0964. The van der Waals surface area contributed by atoms with Gasteiger partial charge in [-0.2, -0.15) is 18.3 Å². The zero-order chi connectivity index (χ0) is 15.6. The number of hydrogen-bond acceptors (Lipinski definition) is 3. The third kappa shape index (κ3) is 3.96. The van der Waals surface area contributed by atoms with Crippen LogP contribution in [0.2, 0.25) is 0 Å². The average molecular weight is 305 g/mol. The fraction of sp³-hybridized carbons (Fsp3) is 0.692. The number of aliphatic hydroxyl groups excluding tert-OH is 1. The van der Waals surface area contributed by atoms with Crippen molar-refractivity contribution in [2.75, 3.05) is 13.2 Å². The summed E-state index contributed by atoms with van der Waals surface area (Å²) in [6, 6.07) is 1.08. The summed E-state index contributed by atoms with van der Waals surface area (Å²) >= 11 is 0. The van der Waals surface area contributed by atoms with E-state index in [1.807, 2.05) is 0 Å². The van der Waals surface area contributed by atoms with Gasteiger partial charge in [-0.15, -0.1) is 0 Å². The van der Waals surface area contributed by atoms with E-state index in [1.54, 1.807) is 6.92 Å². The number of alkyl halides is 3. The summed E-state index contributed by atoms with van der Waals surface area (Å²) in [5.41, 5.74) is -0.364. The van der Waals surface area contributed by atoms with Crippen molar-refractivity contribution < 1.29 is 23.1 Å². The molecule has 0 aromatic carbocycles. The number of nitrogens with one attached hydrogen (secondary N) is 1. The van der Waals surface area contributed by atoms with Gasteiger partial charge in [-0.1, -0.05) is 6.92 Å². The van der Waals surface area contributed by atoms with Crippen LogP contribution in [0, 0.1) is 5.92 Å². The van der Waals surface area contributed by atoms with Gasteiger partial charge in [0.05, 0.1) is 19.1 Å². The molecule has 1 amide bonds. The SMILES string of the molecule is CC(Cn1nc(C(F)(F)F)cc1C1CC1)C(=O)NCCO. The fourth-order valence-electron chi connectivity index (χ4n) is 2.12. The van der Waals surface area contributed by atoms with Gasteiger partial charge in [-0.3, -0.25) is 9.48 Å². The number of hydrogen-bond donors (Lipinski definition) is 2. The first-order valence-electron chi connectivity index (χ1n) is 6.86. The molecule has 1 saturated carbocycles. The number of aromatic nitrogens is 2. The van der Waals surface area contributed by atoms with Crippen LogP contribution in [-0.4, -0.2) is 33.9 Å². The van der Waals surface area contributed by atoms with E-state index in [4.69, 9.17) is 5.11 Å². The molecule has 1 aliphatic rings. The smallest absolute Gasteiger partial charge is 0.395 e. The molecule has 118 valence electrons. The van der Waals surface area contributed by atoms with Gasteiger partial charge in [0.15, 0.2) is 5.69 Å². The Morgan fingerprint density at radius 3 is 2.76 bits per heavy atom. The summed E-state index contributed by atoms with van der Waals surface area (Å²) in [5, 5.41) is 14.8. The first kappa shape index (κ1) is 15.8. The molecule has 5 nitrogen and oxygen atoms in total.